The number of rotatable bonds is 2. The Morgan fingerprint density at radius 2 is 1.39 bits per heavy atom. The van der Waals surface area contributed by atoms with Crippen molar-refractivity contribution in [1.82, 2.24) is 0 Å². The van der Waals surface area contributed by atoms with Gasteiger partial charge in [0.25, 0.3) is 0 Å². The first-order chi connectivity index (χ1) is 13.7. The minimum Gasteiger partial charge on any atom is -0.490 e. The Hall–Kier alpha value is -3.08. The Labute approximate surface area is 165 Å². The summed E-state index contributed by atoms with van der Waals surface area (Å²) in [4.78, 5) is 4.46. The van der Waals surface area contributed by atoms with Crippen LogP contribution in [0.25, 0.3) is 5.57 Å². The van der Waals surface area contributed by atoms with E-state index in [0.717, 1.165) is 64.8 Å². The van der Waals surface area contributed by atoms with Crippen molar-refractivity contribution >= 4 is 16.9 Å². The highest BCUT2D eigenvalue weighted by molar-refractivity contribution is 5.85. The molecular weight excluding hydrogens is 352 g/mol. The molecule has 3 heterocycles. The van der Waals surface area contributed by atoms with Crippen molar-refractivity contribution in [2.24, 2.45) is 0 Å². The maximum absolute atomic E-state index is 5.94. The predicted molar refractivity (Wildman–Crippen MR) is 111 cm³/mol. The number of anilines is 2. The molecule has 3 aliphatic rings. The third-order valence-electron chi connectivity index (χ3n) is 5.58. The van der Waals surface area contributed by atoms with Crippen LogP contribution in [0.1, 0.15) is 17.5 Å². The zero-order chi connectivity index (χ0) is 19.1. The average Bonchev–Trinajstić information content (AvgIpc) is 3.23. The monoisotopic (exact) mass is 376 g/mol. The first-order valence-corrected chi connectivity index (χ1v) is 9.72. The molecule has 3 aliphatic heterocycles. The van der Waals surface area contributed by atoms with Crippen LogP contribution in [0.15, 0.2) is 54.5 Å². The molecule has 0 saturated carbocycles. The lowest BCUT2D eigenvalue weighted by Gasteiger charge is -2.29. The highest BCUT2D eigenvalue weighted by Crippen LogP contribution is 2.40. The molecule has 0 saturated heterocycles. The molecule has 0 amide bonds. The van der Waals surface area contributed by atoms with E-state index in [1.54, 1.807) is 6.26 Å². The molecule has 0 bridgehead atoms. The lowest BCUT2D eigenvalue weighted by molar-refractivity contribution is 0.311. The van der Waals surface area contributed by atoms with E-state index in [0.29, 0.717) is 13.2 Å². The molecule has 5 rings (SSSR count). The van der Waals surface area contributed by atoms with Crippen LogP contribution in [-0.4, -0.2) is 40.4 Å². The molecule has 0 fully saturated rings. The van der Waals surface area contributed by atoms with E-state index >= 15 is 0 Å². The highest BCUT2D eigenvalue weighted by Gasteiger charge is 2.22. The van der Waals surface area contributed by atoms with Gasteiger partial charge in [-0.25, -0.2) is 0 Å². The van der Waals surface area contributed by atoms with Crippen molar-refractivity contribution in [2.75, 3.05) is 50.2 Å². The van der Waals surface area contributed by atoms with E-state index < -0.39 is 0 Å². The summed E-state index contributed by atoms with van der Waals surface area (Å²) in [5.41, 5.74) is 5.53. The first-order valence-electron chi connectivity index (χ1n) is 9.72. The Kier molecular flexibility index (Phi) is 4.15. The fraction of sp³-hybridized carbons (Fsp3) is 0.304. The second-order valence-corrected chi connectivity index (χ2v) is 7.40. The molecule has 0 atom stereocenters. The molecular formula is C23H24N2O3. The van der Waals surface area contributed by atoms with E-state index in [9.17, 15) is 0 Å². The van der Waals surface area contributed by atoms with E-state index in [4.69, 9.17) is 14.2 Å². The molecule has 0 spiro atoms. The number of benzene rings is 2. The summed E-state index contributed by atoms with van der Waals surface area (Å²) in [5, 5.41) is 0. The molecule has 0 radical (unpaired) electrons. The zero-order valence-electron chi connectivity index (χ0n) is 16.3. The maximum atomic E-state index is 5.94. The molecule has 28 heavy (non-hydrogen) atoms. The fourth-order valence-corrected chi connectivity index (χ4v) is 4.01. The van der Waals surface area contributed by atoms with Crippen LogP contribution in [0.2, 0.25) is 0 Å². The zero-order valence-corrected chi connectivity index (χ0v) is 16.3. The van der Waals surface area contributed by atoms with E-state index in [1.165, 1.54) is 0 Å². The van der Waals surface area contributed by atoms with Crippen molar-refractivity contribution in [3.05, 3.63) is 65.6 Å². The van der Waals surface area contributed by atoms with Gasteiger partial charge in [0.05, 0.1) is 30.7 Å². The summed E-state index contributed by atoms with van der Waals surface area (Å²) in [6, 6.07) is 12.8. The summed E-state index contributed by atoms with van der Waals surface area (Å²) in [7, 11) is 4.20. The third kappa shape index (κ3) is 2.87. The van der Waals surface area contributed by atoms with Crippen molar-refractivity contribution in [3.63, 3.8) is 0 Å². The van der Waals surface area contributed by atoms with Crippen LogP contribution in [0, 0.1) is 0 Å². The van der Waals surface area contributed by atoms with Gasteiger partial charge in [0.2, 0.25) is 0 Å². The van der Waals surface area contributed by atoms with Gasteiger partial charge in [0, 0.05) is 26.1 Å². The number of fused-ring (bicyclic) bond motifs is 2. The summed E-state index contributed by atoms with van der Waals surface area (Å²) >= 11 is 0. The summed E-state index contributed by atoms with van der Waals surface area (Å²) < 4.78 is 17.7. The van der Waals surface area contributed by atoms with Crippen LogP contribution >= 0.6 is 0 Å². The Morgan fingerprint density at radius 1 is 0.821 bits per heavy atom. The summed E-state index contributed by atoms with van der Waals surface area (Å²) in [6.45, 7) is 3.22. The van der Waals surface area contributed by atoms with Crippen molar-refractivity contribution in [2.45, 2.75) is 6.42 Å². The highest BCUT2D eigenvalue weighted by atomic mass is 16.5. The molecule has 2 aromatic rings. The smallest absolute Gasteiger partial charge is 0.143 e. The van der Waals surface area contributed by atoms with Gasteiger partial charge < -0.3 is 24.0 Å². The van der Waals surface area contributed by atoms with Gasteiger partial charge in [0.15, 0.2) is 0 Å². The fourth-order valence-electron chi connectivity index (χ4n) is 4.01. The van der Waals surface area contributed by atoms with Crippen molar-refractivity contribution in [1.29, 1.82) is 0 Å². The topological polar surface area (TPSA) is 34.2 Å². The van der Waals surface area contributed by atoms with Gasteiger partial charge in [0.1, 0.15) is 30.5 Å². The van der Waals surface area contributed by atoms with Crippen LogP contribution in [0.4, 0.5) is 11.4 Å². The quantitative estimate of drug-likeness (QED) is 0.790. The minimum atomic E-state index is 0.704. The molecule has 0 N–H and O–H groups in total. The Morgan fingerprint density at radius 3 is 1.89 bits per heavy atom. The second-order valence-electron chi connectivity index (χ2n) is 7.40. The second kappa shape index (κ2) is 6.82. The normalized spacial score (nSPS) is 17.4. The molecule has 2 aromatic carbocycles. The number of ether oxygens (including phenoxy) is 3. The number of hydrogen-bond donors (Lipinski definition) is 0. The van der Waals surface area contributed by atoms with Crippen LogP contribution in [0.5, 0.6) is 11.5 Å². The van der Waals surface area contributed by atoms with Gasteiger partial charge in [-0.15, -0.1) is 0 Å². The summed E-state index contributed by atoms with van der Waals surface area (Å²) in [6.07, 6.45) is 4.59. The number of likely N-dealkylation sites (N-methyl/N-ethyl adjacent to an activating group) is 2. The Bertz CT molecular complexity index is 904. The molecule has 0 aromatic heterocycles. The molecule has 5 nitrogen and oxygen atoms in total. The van der Waals surface area contributed by atoms with Crippen LogP contribution in [-0.2, 0) is 4.74 Å². The number of allylic oxidation sites excluding steroid dienone is 1. The van der Waals surface area contributed by atoms with Crippen LogP contribution in [0.3, 0.4) is 0 Å². The first kappa shape index (κ1) is 17.0. The van der Waals surface area contributed by atoms with Crippen molar-refractivity contribution in [3.8, 4) is 11.5 Å². The minimum absolute atomic E-state index is 0.704. The lowest BCUT2D eigenvalue weighted by atomic mass is 9.94. The van der Waals surface area contributed by atoms with Gasteiger partial charge >= 0.3 is 0 Å². The number of nitrogens with zero attached hydrogens (tertiary/aromatic N) is 2. The average molecular weight is 376 g/mol. The molecule has 5 heteroatoms. The standard InChI is InChI=1S/C23H24N2O3/c1-24-9-12-27-21-14-16(5-7-18(21)24)23(20-4-3-11-26-20)17-6-8-19-22(15-17)28-13-10-25(19)2/h3,5-8,11,14-15H,4,9-10,12-13H2,1-2H3. The van der Waals surface area contributed by atoms with Crippen molar-refractivity contribution < 1.29 is 14.2 Å². The van der Waals surface area contributed by atoms with Gasteiger partial charge in [-0.1, -0.05) is 12.1 Å². The van der Waals surface area contributed by atoms with E-state index in [2.05, 4.69) is 60.3 Å². The molecule has 144 valence electrons. The SMILES string of the molecule is CN1CCOc2cc(C(=C3CC=CO3)c3ccc4c(c3)OCCN4C)ccc21. The molecule has 0 unspecified atom stereocenters. The van der Waals surface area contributed by atoms with Crippen LogP contribution < -0.4 is 19.3 Å². The van der Waals surface area contributed by atoms with Gasteiger partial charge in [-0.3, -0.25) is 0 Å². The number of hydrogen-bond acceptors (Lipinski definition) is 5. The van der Waals surface area contributed by atoms with E-state index in [-0.39, 0.29) is 0 Å². The lowest BCUT2D eigenvalue weighted by Crippen LogP contribution is -2.28. The molecule has 0 aliphatic carbocycles. The maximum Gasteiger partial charge on any atom is 0.143 e. The third-order valence-corrected chi connectivity index (χ3v) is 5.58. The summed E-state index contributed by atoms with van der Waals surface area (Å²) in [5.74, 6) is 2.79. The Balaban J connectivity index is 1.62. The van der Waals surface area contributed by atoms with Gasteiger partial charge in [-0.2, -0.15) is 0 Å². The largest absolute Gasteiger partial charge is 0.490 e. The van der Waals surface area contributed by atoms with Gasteiger partial charge in [-0.05, 0) is 41.5 Å². The van der Waals surface area contributed by atoms with E-state index in [1.807, 2.05) is 6.08 Å². The predicted octanol–water partition coefficient (Wildman–Crippen LogP) is 4.04.